The second-order valence-electron chi connectivity index (χ2n) is 4.39. The second-order valence-corrected chi connectivity index (χ2v) is 4.39. The molecule has 2 heterocycles. The normalized spacial score (nSPS) is 11.1. The molecule has 0 aliphatic rings. The highest BCUT2D eigenvalue weighted by atomic mass is 16.5. The van der Waals surface area contributed by atoms with Gasteiger partial charge in [0.25, 0.3) is 0 Å². The van der Waals surface area contributed by atoms with Crippen LogP contribution in [-0.2, 0) is 7.05 Å². The van der Waals surface area contributed by atoms with E-state index in [4.69, 9.17) is 4.74 Å². The summed E-state index contributed by atoms with van der Waals surface area (Å²) >= 11 is 0. The molecule has 0 amide bonds. The van der Waals surface area contributed by atoms with Crippen LogP contribution in [0.3, 0.4) is 0 Å². The number of aromatic nitrogens is 3. The van der Waals surface area contributed by atoms with E-state index in [0.29, 0.717) is 0 Å². The van der Waals surface area contributed by atoms with Gasteiger partial charge in [-0.2, -0.15) is 0 Å². The standard InChI is InChI=1S/C14H15N3O/c1-10-8-17-9-13(16(2)14(17)15-10)11-5-4-6-12(7-11)18-3/h4-9H,1-3H3. The van der Waals surface area contributed by atoms with E-state index in [1.807, 2.05) is 42.8 Å². The highest BCUT2D eigenvalue weighted by Crippen LogP contribution is 2.25. The van der Waals surface area contributed by atoms with Gasteiger partial charge < -0.3 is 9.30 Å². The Labute approximate surface area is 105 Å². The van der Waals surface area contributed by atoms with Gasteiger partial charge in [-0.05, 0) is 19.1 Å². The van der Waals surface area contributed by atoms with Gasteiger partial charge >= 0.3 is 0 Å². The van der Waals surface area contributed by atoms with Crippen molar-refractivity contribution in [2.75, 3.05) is 7.11 Å². The van der Waals surface area contributed by atoms with Gasteiger partial charge in [-0.1, -0.05) is 12.1 Å². The molecular weight excluding hydrogens is 226 g/mol. The van der Waals surface area contributed by atoms with Gasteiger partial charge in [-0.25, -0.2) is 4.98 Å². The molecule has 0 bridgehead atoms. The topological polar surface area (TPSA) is 31.5 Å². The summed E-state index contributed by atoms with van der Waals surface area (Å²) in [6.45, 7) is 2.00. The van der Waals surface area contributed by atoms with E-state index in [9.17, 15) is 0 Å². The Balaban J connectivity index is 2.18. The number of aryl methyl sites for hydroxylation is 2. The van der Waals surface area contributed by atoms with Crippen molar-refractivity contribution in [3.63, 3.8) is 0 Å². The van der Waals surface area contributed by atoms with Crippen molar-refractivity contribution >= 4 is 5.78 Å². The van der Waals surface area contributed by atoms with Crippen molar-refractivity contribution in [3.05, 3.63) is 42.4 Å². The fraction of sp³-hybridized carbons (Fsp3) is 0.214. The summed E-state index contributed by atoms with van der Waals surface area (Å²) in [7, 11) is 3.71. The Morgan fingerprint density at radius 2 is 2.06 bits per heavy atom. The number of hydrogen-bond donors (Lipinski definition) is 0. The third kappa shape index (κ3) is 1.57. The largest absolute Gasteiger partial charge is 0.497 e. The van der Waals surface area contributed by atoms with Gasteiger partial charge in [0.2, 0.25) is 5.78 Å². The Morgan fingerprint density at radius 1 is 1.22 bits per heavy atom. The first kappa shape index (κ1) is 10.9. The molecule has 2 aromatic heterocycles. The predicted octanol–water partition coefficient (Wildman–Crippen LogP) is 2.66. The third-order valence-electron chi connectivity index (χ3n) is 3.12. The van der Waals surface area contributed by atoms with Gasteiger partial charge in [-0.3, -0.25) is 4.40 Å². The number of nitrogens with zero attached hydrogens (tertiary/aromatic N) is 3. The monoisotopic (exact) mass is 241 g/mol. The van der Waals surface area contributed by atoms with Crippen LogP contribution in [0.1, 0.15) is 5.69 Å². The summed E-state index contributed by atoms with van der Waals surface area (Å²) in [6.07, 6.45) is 4.11. The lowest BCUT2D eigenvalue weighted by molar-refractivity contribution is 0.415. The highest BCUT2D eigenvalue weighted by molar-refractivity contribution is 5.64. The van der Waals surface area contributed by atoms with E-state index in [2.05, 4.69) is 21.8 Å². The van der Waals surface area contributed by atoms with E-state index in [0.717, 1.165) is 28.5 Å². The highest BCUT2D eigenvalue weighted by Gasteiger charge is 2.10. The van der Waals surface area contributed by atoms with Crippen LogP contribution < -0.4 is 4.74 Å². The maximum Gasteiger partial charge on any atom is 0.214 e. The first-order valence-electron chi connectivity index (χ1n) is 5.84. The molecule has 4 heteroatoms. The van der Waals surface area contributed by atoms with Crippen molar-refractivity contribution < 1.29 is 4.74 Å². The van der Waals surface area contributed by atoms with Gasteiger partial charge in [0, 0.05) is 25.0 Å². The minimum atomic E-state index is 0.863. The maximum absolute atomic E-state index is 5.26. The minimum Gasteiger partial charge on any atom is -0.497 e. The van der Waals surface area contributed by atoms with E-state index >= 15 is 0 Å². The molecule has 0 N–H and O–H groups in total. The predicted molar refractivity (Wildman–Crippen MR) is 70.9 cm³/mol. The average molecular weight is 241 g/mol. The van der Waals surface area contributed by atoms with Crippen molar-refractivity contribution in [2.24, 2.45) is 7.05 Å². The zero-order chi connectivity index (χ0) is 12.7. The SMILES string of the molecule is COc1cccc(-c2cn3cc(C)nc3n2C)c1. The zero-order valence-corrected chi connectivity index (χ0v) is 10.7. The van der Waals surface area contributed by atoms with E-state index < -0.39 is 0 Å². The van der Waals surface area contributed by atoms with Gasteiger partial charge in [-0.15, -0.1) is 0 Å². The molecule has 0 aliphatic carbocycles. The second kappa shape index (κ2) is 3.91. The summed E-state index contributed by atoms with van der Waals surface area (Å²) in [5.41, 5.74) is 3.27. The summed E-state index contributed by atoms with van der Waals surface area (Å²) in [4.78, 5) is 4.50. The number of rotatable bonds is 2. The van der Waals surface area contributed by atoms with Crippen LogP contribution in [0.2, 0.25) is 0 Å². The number of benzene rings is 1. The maximum atomic E-state index is 5.26. The number of methoxy groups -OCH3 is 1. The Hall–Kier alpha value is -2.23. The van der Waals surface area contributed by atoms with Crippen molar-refractivity contribution in [3.8, 4) is 17.0 Å². The third-order valence-corrected chi connectivity index (χ3v) is 3.12. The molecule has 0 fully saturated rings. The summed E-state index contributed by atoms with van der Waals surface area (Å²) in [6, 6.07) is 8.04. The molecule has 3 rings (SSSR count). The fourth-order valence-corrected chi connectivity index (χ4v) is 2.22. The number of ether oxygens (including phenoxy) is 1. The van der Waals surface area contributed by atoms with E-state index in [-0.39, 0.29) is 0 Å². The summed E-state index contributed by atoms with van der Waals surface area (Å²) in [5.74, 6) is 1.81. The van der Waals surface area contributed by atoms with Crippen molar-refractivity contribution in [2.45, 2.75) is 6.92 Å². The number of fused-ring (bicyclic) bond motifs is 1. The van der Waals surface area contributed by atoms with E-state index in [1.54, 1.807) is 7.11 Å². The average Bonchev–Trinajstić information content (AvgIpc) is 2.88. The molecular formula is C14H15N3O. The first-order chi connectivity index (χ1) is 8.69. The molecule has 0 saturated heterocycles. The molecule has 0 saturated carbocycles. The van der Waals surface area contributed by atoms with Crippen molar-refractivity contribution in [1.82, 2.24) is 14.0 Å². The lowest BCUT2D eigenvalue weighted by Gasteiger charge is -2.05. The summed E-state index contributed by atoms with van der Waals surface area (Å²) in [5, 5.41) is 0. The molecule has 18 heavy (non-hydrogen) atoms. The van der Waals surface area contributed by atoms with Gasteiger partial charge in [0.05, 0.1) is 18.5 Å². The zero-order valence-electron chi connectivity index (χ0n) is 10.7. The van der Waals surface area contributed by atoms with Crippen LogP contribution >= 0.6 is 0 Å². The lowest BCUT2D eigenvalue weighted by Crippen LogP contribution is -1.93. The lowest BCUT2D eigenvalue weighted by atomic mass is 10.1. The molecule has 0 spiro atoms. The van der Waals surface area contributed by atoms with Crippen LogP contribution in [0.15, 0.2) is 36.7 Å². The molecule has 3 aromatic rings. The first-order valence-corrected chi connectivity index (χ1v) is 5.84. The van der Waals surface area contributed by atoms with Crippen LogP contribution in [0, 0.1) is 6.92 Å². The van der Waals surface area contributed by atoms with Gasteiger partial charge in [0.1, 0.15) is 5.75 Å². The quantitative estimate of drug-likeness (QED) is 0.690. The Kier molecular flexibility index (Phi) is 2.37. The molecule has 92 valence electrons. The molecule has 0 aliphatic heterocycles. The van der Waals surface area contributed by atoms with Crippen molar-refractivity contribution in [1.29, 1.82) is 0 Å². The molecule has 1 aromatic carbocycles. The Bertz CT molecular complexity index is 709. The Morgan fingerprint density at radius 3 is 2.78 bits per heavy atom. The number of hydrogen-bond acceptors (Lipinski definition) is 2. The fourth-order valence-electron chi connectivity index (χ4n) is 2.22. The molecule has 0 atom stereocenters. The van der Waals surface area contributed by atoms with Crippen LogP contribution in [0.25, 0.3) is 17.0 Å². The molecule has 0 radical (unpaired) electrons. The van der Waals surface area contributed by atoms with Crippen LogP contribution in [0.4, 0.5) is 0 Å². The smallest absolute Gasteiger partial charge is 0.214 e. The number of imidazole rings is 2. The summed E-state index contributed by atoms with van der Waals surface area (Å²) < 4.78 is 9.39. The van der Waals surface area contributed by atoms with E-state index in [1.165, 1.54) is 0 Å². The minimum absolute atomic E-state index is 0.863. The molecule has 4 nitrogen and oxygen atoms in total. The van der Waals surface area contributed by atoms with Crippen LogP contribution in [0.5, 0.6) is 5.75 Å². The van der Waals surface area contributed by atoms with Gasteiger partial charge in [0.15, 0.2) is 0 Å². The van der Waals surface area contributed by atoms with Crippen LogP contribution in [-0.4, -0.2) is 21.1 Å². The molecule has 0 unspecified atom stereocenters.